The fourth-order valence-electron chi connectivity index (χ4n) is 2.70. The monoisotopic (exact) mass is 447 g/mol. The number of anilines is 1. The molecule has 0 heterocycles. The number of carboxylic acids is 1. The molecule has 0 aromatic heterocycles. The molecule has 0 aliphatic carbocycles. The van der Waals surface area contributed by atoms with Crippen molar-refractivity contribution in [3.05, 3.63) is 93.2 Å². The summed E-state index contributed by atoms with van der Waals surface area (Å²) in [5.41, 5.74) is 1.16. The van der Waals surface area contributed by atoms with Crippen molar-refractivity contribution in [1.82, 2.24) is 0 Å². The van der Waals surface area contributed by atoms with Crippen molar-refractivity contribution < 1.29 is 23.8 Å². The molecule has 0 saturated heterocycles. The van der Waals surface area contributed by atoms with Crippen LogP contribution < -0.4 is 10.1 Å². The van der Waals surface area contributed by atoms with Crippen molar-refractivity contribution in [2.24, 2.45) is 0 Å². The molecule has 3 aromatic carbocycles. The summed E-state index contributed by atoms with van der Waals surface area (Å²) in [5.74, 6) is -2.04. The van der Waals surface area contributed by atoms with E-state index in [4.69, 9.17) is 33.0 Å². The number of halogens is 3. The molecule has 0 aliphatic heterocycles. The van der Waals surface area contributed by atoms with Crippen LogP contribution in [0.3, 0.4) is 0 Å². The number of rotatable bonds is 7. The molecule has 0 radical (unpaired) electrons. The summed E-state index contributed by atoms with van der Waals surface area (Å²) in [5, 5.41) is 12.0. The van der Waals surface area contributed by atoms with E-state index < -0.39 is 17.7 Å². The summed E-state index contributed by atoms with van der Waals surface area (Å²) in [6.45, 7) is 0.239. The Kier molecular flexibility index (Phi) is 6.92. The van der Waals surface area contributed by atoms with Crippen molar-refractivity contribution >= 4 is 40.8 Å². The number of ether oxygens (including phenoxy) is 1. The number of amides is 1. The maximum Gasteiger partial charge on any atom is 0.307 e. The lowest BCUT2D eigenvalue weighted by Crippen LogP contribution is -2.14. The fraction of sp³-hybridized carbons (Fsp3) is 0.0909. The van der Waals surface area contributed by atoms with Gasteiger partial charge in [-0.1, -0.05) is 41.4 Å². The van der Waals surface area contributed by atoms with E-state index in [1.165, 1.54) is 24.3 Å². The summed E-state index contributed by atoms with van der Waals surface area (Å²) in [6.07, 6.45) is -0.316. The van der Waals surface area contributed by atoms with Crippen molar-refractivity contribution in [2.75, 3.05) is 5.32 Å². The Morgan fingerprint density at radius 1 is 1.00 bits per heavy atom. The van der Waals surface area contributed by atoms with Crippen molar-refractivity contribution in [2.45, 2.75) is 13.0 Å². The molecule has 30 heavy (non-hydrogen) atoms. The molecule has 0 fully saturated rings. The van der Waals surface area contributed by atoms with Crippen LogP contribution >= 0.6 is 23.2 Å². The normalized spacial score (nSPS) is 10.5. The first kappa shape index (κ1) is 21.6. The van der Waals surface area contributed by atoms with Gasteiger partial charge in [0.1, 0.15) is 18.2 Å². The van der Waals surface area contributed by atoms with E-state index in [1.54, 1.807) is 24.3 Å². The third-order valence-corrected chi connectivity index (χ3v) is 4.68. The van der Waals surface area contributed by atoms with Crippen LogP contribution in [0, 0.1) is 5.82 Å². The Hall–Kier alpha value is -3.09. The topological polar surface area (TPSA) is 75.6 Å². The third-order valence-electron chi connectivity index (χ3n) is 4.11. The van der Waals surface area contributed by atoms with E-state index >= 15 is 0 Å². The highest BCUT2D eigenvalue weighted by Crippen LogP contribution is 2.25. The lowest BCUT2D eigenvalue weighted by molar-refractivity contribution is -0.136. The van der Waals surface area contributed by atoms with Gasteiger partial charge in [-0.25, -0.2) is 4.39 Å². The zero-order valence-corrected chi connectivity index (χ0v) is 17.0. The summed E-state index contributed by atoms with van der Waals surface area (Å²) in [4.78, 5) is 23.3. The van der Waals surface area contributed by atoms with Gasteiger partial charge in [-0.2, -0.15) is 0 Å². The van der Waals surface area contributed by atoms with E-state index in [0.717, 1.165) is 11.6 Å². The minimum absolute atomic E-state index is 0.0875. The average Bonchev–Trinajstić information content (AvgIpc) is 2.69. The molecule has 0 spiro atoms. The van der Waals surface area contributed by atoms with Gasteiger partial charge in [0.05, 0.1) is 22.7 Å². The molecule has 154 valence electrons. The Balaban J connectivity index is 1.72. The summed E-state index contributed by atoms with van der Waals surface area (Å²) in [7, 11) is 0. The maximum atomic E-state index is 14.2. The number of carboxylic acid groups (broad SMARTS) is 1. The van der Waals surface area contributed by atoms with Crippen LogP contribution in [0.4, 0.5) is 10.1 Å². The largest absolute Gasteiger partial charge is 0.489 e. The standard InChI is InChI=1S/C22H16Cl2FNO4/c23-15-3-1-2-14(8-15)12-30-16-5-6-18(24)17(11-16)22(29)26-20-7-4-13(9-19(20)25)10-21(27)28/h1-9,11H,10,12H2,(H,26,29)(H,27,28). The van der Waals surface area contributed by atoms with Crippen molar-refractivity contribution in [3.63, 3.8) is 0 Å². The van der Waals surface area contributed by atoms with Gasteiger partial charge in [-0.3, -0.25) is 9.59 Å². The van der Waals surface area contributed by atoms with Crippen LogP contribution in [0.1, 0.15) is 21.5 Å². The lowest BCUT2D eigenvalue weighted by Gasteiger charge is -2.11. The number of hydrogen-bond donors (Lipinski definition) is 2. The first-order chi connectivity index (χ1) is 14.3. The molecule has 0 aliphatic rings. The lowest BCUT2D eigenvalue weighted by atomic mass is 10.1. The van der Waals surface area contributed by atoms with Gasteiger partial charge in [0.2, 0.25) is 0 Å². The first-order valence-corrected chi connectivity index (χ1v) is 9.56. The highest BCUT2D eigenvalue weighted by Gasteiger charge is 2.15. The van der Waals surface area contributed by atoms with Gasteiger partial charge in [-0.15, -0.1) is 0 Å². The highest BCUT2D eigenvalue weighted by molar-refractivity contribution is 6.34. The van der Waals surface area contributed by atoms with Gasteiger partial charge >= 0.3 is 5.97 Å². The Bertz CT molecular complexity index is 1100. The highest BCUT2D eigenvalue weighted by atomic mass is 35.5. The predicted molar refractivity (Wildman–Crippen MR) is 113 cm³/mol. The van der Waals surface area contributed by atoms with E-state index in [0.29, 0.717) is 10.8 Å². The van der Waals surface area contributed by atoms with Crippen LogP contribution in [-0.4, -0.2) is 17.0 Å². The van der Waals surface area contributed by atoms with Crippen LogP contribution in [0.25, 0.3) is 0 Å². The minimum atomic E-state index is -1.08. The van der Waals surface area contributed by atoms with Crippen LogP contribution in [0.5, 0.6) is 5.75 Å². The number of aliphatic carboxylic acids is 1. The van der Waals surface area contributed by atoms with E-state index in [-0.39, 0.29) is 34.9 Å². The number of benzene rings is 3. The summed E-state index contributed by atoms with van der Waals surface area (Å²) < 4.78 is 19.9. The molecular weight excluding hydrogens is 432 g/mol. The molecule has 0 atom stereocenters. The fourth-order valence-corrected chi connectivity index (χ4v) is 3.11. The quantitative estimate of drug-likeness (QED) is 0.494. The SMILES string of the molecule is O=C(O)Cc1ccc(NC(=O)c2cc(OCc3cccc(Cl)c3)ccc2Cl)c(F)c1. The smallest absolute Gasteiger partial charge is 0.307 e. The molecule has 0 bridgehead atoms. The molecule has 2 N–H and O–H groups in total. The molecule has 8 heteroatoms. The Morgan fingerprint density at radius 2 is 1.80 bits per heavy atom. The van der Waals surface area contributed by atoms with E-state index in [2.05, 4.69) is 5.32 Å². The van der Waals surface area contributed by atoms with Crippen molar-refractivity contribution in [1.29, 1.82) is 0 Å². The number of carbonyl (C=O) groups excluding carboxylic acids is 1. The molecule has 5 nitrogen and oxygen atoms in total. The zero-order chi connectivity index (χ0) is 21.7. The molecule has 3 aromatic rings. The van der Waals surface area contributed by atoms with Gasteiger partial charge < -0.3 is 15.2 Å². The predicted octanol–water partition coefficient (Wildman–Crippen LogP) is 5.59. The zero-order valence-electron chi connectivity index (χ0n) is 15.5. The molecule has 0 saturated carbocycles. The third kappa shape index (κ3) is 5.72. The molecule has 3 rings (SSSR count). The molecule has 0 unspecified atom stereocenters. The van der Waals surface area contributed by atoms with Gasteiger partial charge in [0.25, 0.3) is 5.91 Å². The van der Waals surface area contributed by atoms with Crippen LogP contribution in [0.15, 0.2) is 60.7 Å². The van der Waals surface area contributed by atoms with Crippen molar-refractivity contribution in [3.8, 4) is 5.75 Å². The van der Waals surface area contributed by atoms with Gasteiger partial charge in [0, 0.05) is 5.02 Å². The summed E-state index contributed by atoms with van der Waals surface area (Å²) >= 11 is 12.1. The number of hydrogen-bond acceptors (Lipinski definition) is 3. The van der Waals surface area contributed by atoms with E-state index in [9.17, 15) is 14.0 Å². The van der Waals surface area contributed by atoms with Crippen LogP contribution in [0.2, 0.25) is 10.0 Å². The van der Waals surface area contributed by atoms with E-state index in [1.807, 2.05) is 6.07 Å². The maximum absolute atomic E-state index is 14.2. The Morgan fingerprint density at radius 3 is 2.50 bits per heavy atom. The van der Waals surface area contributed by atoms with Gasteiger partial charge in [-0.05, 0) is 53.6 Å². The second kappa shape index (κ2) is 9.61. The minimum Gasteiger partial charge on any atom is -0.489 e. The second-order valence-electron chi connectivity index (χ2n) is 6.40. The molecular formula is C22H16Cl2FNO4. The first-order valence-electron chi connectivity index (χ1n) is 8.80. The number of nitrogens with one attached hydrogen (secondary N) is 1. The van der Waals surface area contributed by atoms with Gasteiger partial charge in [0.15, 0.2) is 0 Å². The average molecular weight is 448 g/mol. The summed E-state index contributed by atoms with van der Waals surface area (Å²) in [6, 6.07) is 15.6. The molecule has 1 amide bonds. The van der Waals surface area contributed by atoms with Crippen LogP contribution in [-0.2, 0) is 17.8 Å². The number of carbonyl (C=O) groups is 2. The Labute approximate surface area is 182 Å². The second-order valence-corrected chi connectivity index (χ2v) is 7.24.